The van der Waals surface area contributed by atoms with Gasteiger partial charge in [-0.3, -0.25) is 0 Å². The van der Waals surface area contributed by atoms with Crippen molar-refractivity contribution in [1.29, 1.82) is 0 Å². The minimum absolute atomic E-state index is 0.140. The fourth-order valence-electron chi connectivity index (χ4n) is 1.47. The Morgan fingerprint density at radius 2 is 2.06 bits per heavy atom. The van der Waals surface area contributed by atoms with Gasteiger partial charge in [-0.05, 0) is 6.07 Å². The minimum atomic E-state index is -0.671. The molecule has 0 spiro atoms. The molecule has 0 aliphatic heterocycles. The lowest BCUT2D eigenvalue weighted by atomic mass is 10.2. The van der Waals surface area contributed by atoms with E-state index in [9.17, 15) is 5.11 Å². The number of methoxy groups -OCH3 is 2. The van der Waals surface area contributed by atoms with Crippen LogP contribution in [0.2, 0.25) is 0 Å². The van der Waals surface area contributed by atoms with Gasteiger partial charge in [0, 0.05) is 19.2 Å². The molecule has 0 saturated heterocycles. The van der Waals surface area contributed by atoms with E-state index in [-0.39, 0.29) is 13.2 Å². The highest BCUT2D eigenvalue weighted by molar-refractivity contribution is 5.46. The standard InChI is InChI=1S/C12H19NO4/c1-15-7-10(14)8-17-12-9(6-13)4-3-5-11(12)16-2/h3-5,10,14H,6-8,13H2,1-2H3. The lowest BCUT2D eigenvalue weighted by Gasteiger charge is -2.16. The Labute approximate surface area is 101 Å². The fraction of sp³-hybridized carbons (Fsp3) is 0.500. The third-order valence-electron chi connectivity index (χ3n) is 2.28. The van der Waals surface area contributed by atoms with E-state index in [0.717, 1.165) is 5.56 Å². The van der Waals surface area contributed by atoms with E-state index in [4.69, 9.17) is 19.9 Å². The van der Waals surface area contributed by atoms with Crippen molar-refractivity contribution in [2.24, 2.45) is 5.73 Å². The van der Waals surface area contributed by atoms with Gasteiger partial charge in [0.2, 0.25) is 0 Å². The predicted octanol–water partition coefficient (Wildman–Crippen LogP) is 0.540. The lowest BCUT2D eigenvalue weighted by Crippen LogP contribution is -2.23. The molecule has 1 atom stereocenters. The van der Waals surface area contributed by atoms with Crippen molar-refractivity contribution in [2.75, 3.05) is 27.4 Å². The molecule has 1 aromatic rings. The summed E-state index contributed by atoms with van der Waals surface area (Å²) in [6.45, 7) is 0.723. The van der Waals surface area contributed by atoms with Gasteiger partial charge in [0.25, 0.3) is 0 Å². The summed E-state index contributed by atoms with van der Waals surface area (Å²) in [5.74, 6) is 1.19. The second-order valence-electron chi connectivity index (χ2n) is 3.57. The molecule has 96 valence electrons. The molecule has 1 rings (SSSR count). The number of hydrogen-bond acceptors (Lipinski definition) is 5. The van der Waals surface area contributed by atoms with Crippen LogP contribution in [-0.4, -0.2) is 38.6 Å². The molecule has 1 unspecified atom stereocenters. The largest absolute Gasteiger partial charge is 0.493 e. The molecule has 0 saturated carbocycles. The van der Waals surface area contributed by atoms with Crippen LogP contribution in [0.15, 0.2) is 18.2 Å². The number of aliphatic hydroxyl groups is 1. The summed E-state index contributed by atoms with van der Waals surface area (Å²) in [5.41, 5.74) is 6.46. The van der Waals surface area contributed by atoms with Crippen LogP contribution in [0.3, 0.4) is 0 Å². The summed E-state index contributed by atoms with van der Waals surface area (Å²) in [6.07, 6.45) is -0.671. The predicted molar refractivity (Wildman–Crippen MR) is 64.3 cm³/mol. The Morgan fingerprint density at radius 3 is 2.65 bits per heavy atom. The molecule has 0 radical (unpaired) electrons. The van der Waals surface area contributed by atoms with Gasteiger partial charge >= 0.3 is 0 Å². The molecule has 0 heterocycles. The molecule has 1 aromatic carbocycles. The second-order valence-corrected chi connectivity index (χ2v) is 3.57. The zero-order valence-corrected chi connectivity index (χ0v) is 10.2. The van der Waals surface area contributed by atoms with Crippen LogP contribution >= 0.6 is 0 Å². The minimum Gasteiger partial charge on any atom is -0.493 e. The Morgan fingerprint density at radius 1 is 1.29 bits per heavy atom. The van der Waals surface area contributed by atoms with Crippen LogP contribution in [0.5, 0.6) is 11.5 Å². The Kier molecular flexibility index (Phi) is 5.76. The van der Waals surface area contributed by atoms with Gasteiger partial charge in [-0.2, -0.15) is 0 Å². The van der Waals surface area contributed by atoms with Gasteiger partial charge in [0.05, 0.1) is 13.7 Å². The van der Waals surface area contributed by atoms with Gasteiger partial charge in [-0.15, -0.1) is 0 Å². The summed E-state index contributed by atoms with van der Waals surface area (Å²) in [5, 5.41) is 9.52. The van der Waals surface area contributed by atoms with Gasteiger partial charge in [0.1, 0.15) is 12.7 Å². The Hall–Kier alpha value is -1.30. The van der Waals surface area contributed by atoms with Gasteiger partial charge in [-0.25, -0.2) is 0 Å². The summed E-state index contributed by atoms with van der Waals surface area (Å²) in [7, 11) is 3.09. The molecule has 5 heteroatoms. The van der Waals surface area contributed by atoms with Crippen LogP contribution < -0.4 is 15.2 Å². The van der Waals surface area contributed by atoms with Crippen LogP contribution in [0.4, 0.5) is 0 Å². The second kappa shape index (κ2) is 7.11. The van der Waals surface area contributed by atoms with Crippen molar-refractivity contribution in [1.82, 2.24) is 0 Å². The van der Waals surface area contributed by atoms with E-state index in [0.29, 0.717) is 18.0 Å². The first-order chi connectivity index (χ1) is 8.22. The van der Waals surface area contributed by atoms with Gasteiger partial charge in [0.15, 0.2) is 11.5 Å². The molecule has 0 amide bonds. The number of ether oxygens (including phenoxy) is 3. The lowest BCUT2D eigenvalue weighted by molar-refractivity contribution is 0.0317. The van der Waals surface area contributed by atoms with E-state index in [2.05, 4.69) is 0 Å². The molecular formula is C12H19NO4. The zero-order chi connectivity index (χ0) is 12.7. The molecule has 17 heavy (non-hydrogen) atoms. The topological polar surface area (TPSA) is 73.9 Å². The van der Waals surface area contributed by atoms with Crippen molar-refractivity contribution in [3.8, 4) is 11.5 Å². The number of hydrogen-bond donors (Lipinski definition) is 2. The number of benzene rings is 1. The average molecular weight is 241 g/mol. The normalized spacial score (nSPS) is 12.2. The highest BCUT2D eigenvalue weighted by Gasteiger charge is 2.12. The number of rotatable bonds is 7. The summed E-state index contributed by atoms with van der Waals surface area (Å²) in [6, 6.07) is 5.50. The summed E-state index contributed by atoms with van der Waals surface area (Å²) in [4.78, 5) is 0. The molecule has 0 aliphatic rings. The van der Waals surface area contributed by atoms with E-state index >= 15 is 0 Å². The van der Waals surface area contributed by atoms with E-state index in [1.54, 1.807) is 13.2 Å². The first kappa shape index (κ1) is 13.8. The van der Waals surface area contributed by atoms with E-state index < -0.39 is 6.10 Å². The molecule has 3 N–H and O–H groups in total. The van der Waals surface area contributed by atoms with Crippen LogP contribution in [0, 0.1) is 0 Å². The first-order valence-electron chi connectivity index (χ1n) is 5.38. The zero-order valence-electron chi connectivity index (χ0n) is 10.2. The van der Waals surface area contributed by atoms with Gasteiger partial charge < -0.3 is 25.1 Å². The maximum Gasteiger partial charge on any atom is 0.165 e. The van der Waals surface area contributed by atoms with Crippen molar-refractivity contribution < 1.29 is 19.3 Å². The Balaban J connectivity index is 2.74. The van der Waals surface area contributed by atoms with Crippen molar-refractivity contribution in [3.05, 3.63) is 23.8 Å². The highest BCUT2D eigenvalue weighted by Crippen LogP contribution is 2.30. The van der Waals surface area contributed by atoms with E-state index in [1.165, 1.54) is 7.11 Å². The number of aliphatic hydroxyl groups excluding tert-OH is 1. The maximum absolute atomic E-state index is 9.52. The molecule has 0 fully saturated rings. The summed E-state index contributed by atoms with van der Waals surface area (Å²) >= 11 is 0. The molecule has 0 bridgehead atoms. The first-order valence-corrected chi connectivity index (χ1v) is 5.38. The maximum atomic E-state index is 9.52. The molecular weight excluding hydrogens is 222 g/mol. The highest BCUT2D eigenvalue weighted by atomic mass is 16.5. The van der Waals surface area contributed by atoms with Crippen LogP contribution in [0.1, 0.15) is 5.56 Å². The van der Waals surface area contributed by atoms with Crippen molar-refractivity contribution in [3.63, 3.8) is 0 Å². The Bertz CT molecular complexity index is 321. The third kappa shape index (κ3) is 3.89. The monoisotopic (exact) mass is 241 g/mol. The molecule has 0 aliphatic carbocycles. The third-order valence-corrected chi connectivity index (χ3v) is 2.28. The van der Waals surface area contributed by atoms with Crippen LogP contribution in [0.25, 0.3) is 0 Å². The van der Waals surface area contributed by atoms with E-state index in [1.807, 2.05) is 12.1 Å². The molecule has 0 aromatic heterocycles. The number of para-hydroxylation sites is 1. The van der Waals surface area contributed by atoms with Gasteiger partial charge in [-0.1, -0.05) is 12.1 Å². The fourth-order valence-corrected chi connectivity index (χ4v) is 1.47. The van der Waals surface area contributed by atoms with Crippen LogP contribution in [-0.2, 0) is 11.3 Å². The molecule has 5 nitrogen and oxygen atoms in total. The summed E-state index contributed by atoms with van der Waals surface area (Å²) < 4.78 is 15.5. The average Bonchev–Trinajstić information content (AvgIpc) is 2.36. The quantitative estimate of drug-likeness (QED) is 0.729. The SMILES string of the molecule is COCC(O)COc1c(CN)cccc1OC. The smallest absolute Gasteiger partial charge is 0.165 e. The van der Waals surface area contributed by atoms with Crippen molar-refractivity contribution in [2.45, 2.75) is 12.6 Å². The number of nitrogens with two attached hydrogens (primary N) is 1. The van der Waals surface area contributed by atoms with Crippen molar-refractivity contribution >= 4 is 0 Å².